The van der Waals surface area contributed by atoms with Gasteiger partial charge in [-0.25, -0.2) is 0 Å². The van der Waals surface area contributed by atoms with Gasteiger partial charge in [0, 0.05) is 5.56 Å². The summed E-state index contributed by atoms with van der Waals surface area (Å²) in [6.07, 6.45) is 0. The maximum atomic E-state index is 9.52. The Kier molecular flexibility index (Phi) is 3.05. The summed E-state index contributed by atoms with van der Waals surface area (Å²) in [7, 11) is 0. The smallest absolute Gasteiger partial charge is 0.200 e. The molecule has 0 saturated heterocycles. The van der Waals surface area contributed by atoms with E-state index < -0.39 is 0 Å². The predicted molar refractivity (Wildman–Crippen MR) is 62.2 cm³/mol. The standard InChI is InChI=1S/C13H12O4/c14-10-5-2-1-4-9(10)8-17-12-7-3-6-11(15)13(12)16/h1-7,14-16H,8H2. The van der Waals surface area contributed by atoms with Gasteiger partial charge in [-0.2, -0.15) is 0 Å². The first kappa shape index (κ1) is 11.1. The molecule has 0 saturated carbocycles. The van der Waals surface area contributed by atoms with Crippen LogP contribution in [0.3, 0.4) is 0 Å². The van der Waals surface area contributed by atoms with E-state index in [1.54, 1.807) is 30.3 Å². The molecule has 4 nitrogen and oxygen atoms in total. The lowest BCUT2D eigenvalue weighted by molar-refractivity contribution is 0.278. The third kappa shape index (κ3) is 2.42. The Morgan fingerprint density at radius 2 is 1.53 bits per heavy atom. The van der Waals surface area contributed by atoms with Crippen LogP contribution in [0.25, 0.3) is 0 Å². The van der Waals surface area contributed by atoms with Crippen LogP contribution in [-0.2, 0) is 6.61 Å². The van der Waals surface area contributed by atoms with E-state index in [9.17, 15) is 15.3 Å². The van der Waals surface area contributed by atoms with Gasteiger partial charge in [-0.15, -0.1) is 0 Å². The molecule has 0 atom stereocenters. The molecule has 0 heterocycles. The summed E-state index contributed by atoms with van der Waals surface area (Å²) in [4.78, 5) is 0. The van der Waals surface area contributed by atoms with Crippen LogP contribution < -0.4 is 4.74 Å². The average Bonchev–Trinajstić information content (AvgIpc) is 2.33. The van der Waals surface area contributed by atoms with Crippen molar-refractivity contribution in [1.82, 2.24) is 0 Å². The molecule has 17 heavy (non-hydrogen) atoms. The second-order valence-electron chi connectivity index (χ2n) is 3.54. The lowest BCUT2D eigenvalue weighted by atomic mass is 10.2. The zero-order valence-corrected chi connectivity index (χ0v) is 9.00. The van der Waals surface area contributed by atoms with Gasteiger partial charge in [0.1, 0.15) is 12.4 Å². The van der Waals surface area contributed by atoms with Crippen LogP contribution >= 0.6 is 0 Å². The summed E-state index contributed by atoms with van der Waals surface area (Å²) in [5, 5.41) is 28.3. The van der Waals surface area contributed by atoms with Gasteiger partial charge in [0.25, 0.3) is 0 Å². The summed E-state index contributed by atoms with van der Waals surface area (Å²) < 4.78 is 5.31. The highest BCUT2D eigenvalue weighted by Gasteiger charge is 2.08. The fraction of sp³-hybridized carbons (Fsp3) is 0.0769. The molecule has 0 aliphatic rings. The van der Waals surface area contributed by atoms with E-state index in [1.807, 2.05) is 0 Å². The van der Waals surface area contributed by atoms with Gasteiger partial charge in [0.2, 0.25) is 5.75 Å². The van der Waals surface area contributed by atoms with E-state index >= 15 is 0 Å². The topological polar surface area (TPSA) is 69.9 Å². The number of hydrogen-bond donors (Lipinski definition) is 3. The van der Waals surface area contributed by atoms with Gasteiger partial charge in [0.05, 0.1) is 0 Å². The molecule has 0 aliphatic heterocycles. The molecule has 0 aliphatic carbocycles. The van der Waals surface area contributed by atoms with Crippen molar-refractivity contribution in [3.8, 4) is 23.0 Å². The Morgan fingerprint density at radius 3 is 2.29 bits per heavy atom. The van der Waals surface area contributed by atoms with Crippen LogP contribution in [-0.4, -0.2) is 15.3 Å². The van der Waals surface area contributed by atoms with E-state index in [2.05, 4.69) is 0 Å². The SMILES string of the molecule is Oc1ccccc1COc1cccc(O)c1O. The fourth-order valence-electron chi connectivity index (χ4n) is 1.42. The average molecular weight is 232 g/mol. The van der Waals surface area contributed by atoms with Gasteiger partial charge in [0.15, 0.2) is 11.5 Å². The Labute approximate surface area is 98.3 Å². The van der Waals surface area contributed by atoms with Crippen LogP contribution in [0.5, 0.6) is 23.0 Å². The largest absolute Gasteiger partial charge is 0.508 e. The van der Waals surface area contributed by atoms with E-state index in [-0.39, 0.29) is 29.6 Å². The quantitative estimate of drug-likeness (QED) is 0.710. The third-order valence-corrected chi connectivity index (χ3v) is 2.35. The Bertz CT molecular complexity index is 523. The minimum absolute atomic E-state index is 0.115. The minimum atomic E-state index is -0.303. The number of hydrogen-bond acceptors (Lipinski definition) is 4. The molecule has 2 aromatic rings. The van der Waals surface area contributed by atoms with Crippen LogP contribution in [0.1, 0.15) is 5.56 Å². The first-order chi connectivity index (χ1) is 8.18. The second-order valence-corrected chi connectivity index (χ2v) is 3.54. The van der Waals surface area contributed by atoms with Crippen LogP contribution in [0.15, 0.2) is 42.5 Å². The predicted octanol–water partition coefficient (Wildman–Crippen LogP) is 2.38. The van der Waals surface area contributed by atoms with Crippen molar-refractivity contribution >= 4 is 0 Å². The van der Waals surface area contributed by atoms with E-state index in [0.717, 1.165) is 0 Å². The number of para-hydroxylation sites is 2. The molecule has 0 radical (unpaired) electrons. The fourth-order valence-corrected chi connectivity index (χ4v) is 1.42. The summed E-state index contributed by atoms with van der Waals surface area (Å²) in [6.45, 7) is 0.115. The van der Waals surface area contributed by atoms with Gasteiger partial charge in [-0.1, -0.05) is 24.3 Å². The van der Waals surface area contributed by atoms with E-state index in [4.69, 9.17) is 4.74 Å². The van der Waals surface area contributed by atoms with Crippen molar-refractivity contribution in [2.75, 3.05) is 0 Å². The van der Waals surface area contributed by atoms with Gasteiger partial charge in [-0.05, 0) is 18.2 Å². The van der Waals surface area contributed by atoms with Crippen molar-refractivity contribution in [1.29, 1.82) is 0 Å². The second kappa shape index (κ2) is 4.65. The molecule has 0 amide bonds. The molecule has 0 spiro atoms. The highest BCUT2D eigenvalue weighted by atomic mass is 16.5. The highest BCUT2D eigenvalue weighted by Crippen LogP contribution is 2.35. The Morgan fingerprint density at radius 1 is 0.824 bits per heavy atom. The van der Waals surface area contributed by atoms with Crippen LogP contribution in [0.4, 0.5) is 0 Å². The van der Waals surface area contributed by atoms with Crippen molar-refractivity contribution in [2.24, 2.45) is 0 Å². The summed E-state index contributed by atoms with van der Waals surface area (Å²) in [6, 6.07) is 11.2. The van der Waals surface area contributed by atoms with E-state index in [1.165, 1.54) is 12.1 Å². The number of phenols is 3. The summed E-state index contributed by atoms with van der Waals surface area (Å²) >= 11 is 0. The number of ether oxygens (including phenoxy) is 1. The lowest BCUT2D eigenvalue weighted by Gasteiger charge is -2.09. The molecule has 88 valence electrons. The maximum Gasteiger partial charge on any atom is 0.200 e. The van der Waals surface area contributed by atoms with Crippen molar-refractivity contribution in [3.05, 3.63) is 48.0 Å². The molecule has 0 unspecified atom stereocenters. The number of phenolic OH excluding ortho intramolecular Hbond substituents is 3. The molecule has 2 aromatic carbocycles. The molecular weight excluding hydrogens is 220 g/mol. The zero-order chi connectivity index (χ0) is 12.3. The normalized spacial score (nSPS) is 10.1. The summed E-state index contributed by atoms with van der Waals surface area (Å²) in [5.74, 6) is -0.233. The number of aromatic hydroxyl groups is 3. The molecule has 2 rings (SSSR count). The summed E-state index contributed by atoms with van der Waals surface area (Å²) in [5.41, 5.74) is 0.607. The van der Waals surface area contributed by atoms with Crippen molar-refractivity contribution in [2.45, 2.75) is 6.61 Å². The Hall–Kier alpha value is -2.36. The van der Waals surface area contributed by atoms with Crippen molar-refractivity contribution in [3.63, 3.8) is 0 Å². The molecule has 0 fully saturated rings. The number of benzene rings is 2. The minimum Gasteiger partial charge on any atom is -0.508 e. The monoisotopic (exact) mass is 232 g/mol. The van der Waals surface area contributed by atoms with Gasteiger partial charge in [-0.3, -0.25) is 0 Å². The molecular formula is C13H12O4. The molecule has 4 heteroatoms. The van der Waals surface area contributed by atoms with E-state index in [0.29, 0.717) is 5.56 Å². The Balaban J connectivity index is 2.13. The molecule has 0 aromatic heterocycles. The van der Waals surface area contributed by atoms with Gasteiger partial charge < -0.3 is 20.1 Å². The first-order valence-corrected chi connectivity index (χ1v) is 5.09. The highest BCUT2D eigenvalue weighted by molar-refractivity contribution is 5.49. The first-order valence-electron chi connectivity index (χ1n) is 5.09. The molecule has 0 bridgehead atoms. The van der Waals surface area contributed by atoms with Gasteiger partial charge >= 0.3 is 0 Å². The number of rotatable bonds is 3. The third-order valence-electron chi connectivity index (χ3n) is 2.35. The van der Waals surface area contributed by atoms with Crippen LogP contribution in [0.2, 0.25) is 0 Å². The maximum absolute atomic E-state index is 9.52. The lowest BCUT2D eigenvalue weighted by Crippen LogP contribution is -1.95. The van der Waals surface area contributed by atoms with Crippen molar-refractivity contribution < 1.29 is 20.1 Å². The zero-order valence-electron chi connectivity index (χ0n) is 9.00. The molecule has 3 N–H and O–H groups in total. The van der Waals surface area contributed by atoms with Crippen LogP contribution in [0, 0.1) is 0 Å².